The van der Waals surface area contributed by atoms with Gasteiger partial charge in [0.15, 0.2) is 0 Å². The second kappa shape index (κ2) is 7.30. The first kappa shape index (κ1) is 16.9. The molecule has 3 rings (SSSR count). The smallest absolute Gasteiger partial charge is 0.251 e. The van der Waals surface area contributed by atoms with Crippen LogP contribution in [0.25, 0.3) is 11.1 Å². The minimum absolute atomic E-state index is 0.0630. The Labute approximate surface area is 147 Å². The first-order valence-corrected chi connectivity index (χ1v) is 8.34. The van der Waals surface area contributed by atoms with Crippen molar-refractivity contribution < 1.29 is 4.79 Å². The van der Waals surface area contributed by atoms with Gasteiger partial charge in [-0.3, -0.25) is 9.78 Å². The molecule has 0 fully saturated rings. The third-order valence-electron chi connectivity index (χ3n) is 4.36. The Kier molecular flexibility index (Phi) is 4.93. The summed E-state index contributed by atoms with van der Waals surface area (Å²) in [7, 11) is 0. The molecule has 2 aromatic heterocycles. The molecule has 0 unspecified atom stereocenters. The monoisotopic (exact) mass is 334 g/mol. The number of imidazole rings is 1. The van der Waals surface area contributed by atoms with Gasteiger partial charge in [-0.25, -0.2) is 4.98 Å². The molecule has 3 aromatic rings. The van der Waals surface area contributed by atoms with Crippen LogP contribution in [-0.2, 0) is 6.54 Å². The van der Waals surface area contributed by atoms with Crippen LogP contribution in [0.3, 0.4) is 0 Å². The van der Waals surface area contributed by atoms with Crippen LogP contribution in [0.1, 0.15) is 27.4 Å². The number of aromatic nitrogens is 3. The lowest BCUT2D eigenvalue weighted by molar-refractivity contribution is 0.0952. The third kappa shape index (κ3) is 3.94. The van der Waals surface area contributed by atoms with Crippen molar-refractivity contribution in [2.75, 3.05) is 6.54 Å². The summed E-state index contributed by atoms with van der Waals surface area (Å²) in [6, 6.07) is 11.6. The average Bonchev–Trinajstić information content (AvgIpc) is 2.94. The summed E-state index contributed by atoms with van der Waals surface area (Å²) in [5, 5.41) is 2.95. The number of aryl methyl sites for hydroxylation is 2. The van der Waals surface area contributed by atoms with Gasteiger partial charge in [-0.1, -0.05) is 12.1 Å². The number of hydrogen-bond donors (Lipinski definition) is 1. The predicted octanol–water partition coefficient (Wildman–Crippen LogP) is 3.30. The molecular formula is C20H22N4O. The van der Waals surface area contributed by atoms with Crippen LogP contribution < -0.4 is 5.32 Å². The van der Waals surface area contributed by atoms with Gasteiger partial charge in [0.2, 0.25) is 0 Å². The van der Waals surface area contributed by atoms with Crippen molar-refractivity contribution in [2.45, 2.75) is 27.3 Å². The molecule has 0 bridgehead atoms. The van der Waals surface area contributed by atoms with Crippen molar-refractivity contribution in [3.8, 4) is 11.1 Å². The predicted molar refractivity (Wildman–Crippen MR) is 98.4 cm³/mol. The van der Waals surface area contributed by atoms with Crippen LogP contribution >= 0.6 is 0 Å². The molecule has 0 saturated heterocycles. The average molecular weight is 334 g/mol. The van der Waals surface area contributed by atoms with E-state index in [0.717, 1.165) is 28.2 Å². The maximum atomic E-state index is 12.3. The number of nitrogens with zero attached hydrogens (tertiary/aromatic N) is 3. The van der Waals surface area contributed by atoms with E-state index in [2.05, 4.69) is 15.3 Å². The molecule has 0 atom stereocenters. The van der Waals surface area contributed by atoms with E-state index in [0.29, 0.717) is 18.7 Å². The first-order chi connectivity index (χ1) is 12.0. The van der Waals surface area contributed by atoms with E-state index in [1.165, 1.54) is 0 Å². The summed E-state index contributed by atoms with van der Waals surface area (Å²) < 4.78 is 2.05. The maximum absolute atomic E-state index is 12.3. The Morgan fingerprint density at radius 3 is 2.44 bits per heavy atom. The molecule has 5 heteroatoms. The van der Waals surface area contributed by atoms with Gasteiger partial charge in [-0.05, 0) is 56.2 Å². The Morgan fingerprint density at radius 2 is 1.80 bits per heavy atom. The van der Waals surface area contributed by atoms with E-state index in [1.54, 1.807) is 6.20 Å². The second-order valence-electron chi connectivity index (χ2n) is 6.13. The molecular weight excluding hydrogens is 312 g/mol. The molecule has 25 heavy (non-hydrogen) atoms. The van der Waals surface area contributed by atoms with E-state index in [-0.39, 0.29) is 5.91 Å². The van der Waals surface area contributed by atoms with Crippen molar-refractivity contribution in [1.29, 1.82) is 0 Å². The minimum atomic E-state index is -0.0630. The van der Waals surface area contributed by atoms with Gasteiger partial charge in [0.1, 0.15) is 0 Å². The zero-order chi connectivity index (χ0) is 17.8. The van der Waals surface area contributed by atoms with Gasteiger partial charge in [-0.15, -0.1) is 0 Å². The zero-order valence-corrected chi connectivity index (χ0v) is 14.8. The van der Waals surface area contributed by atoms with Crippen molar-refractivity contribution in [2.24, 2.45) is 0 Å². The van der Waals surface area contributed by atoms with Crippen LogP contribution in [0, 0.1) is 20.8 Å². The molecule has 1 N–H and O–H groups in total. The highest BCUT2D eigenvalue weighted by Gasteiger charge is 2.07. The fourth-order valence-corrected chi connectivity index (χ4v) is 2.70. The molecule has 0 aliphatic carbocycles. The van der Waals surface area contributed by atoms with Gasteiger partial charge < -0.3 is 9.88 Å². The number of carbonyl (C=O) groups is 1. The van der Waals surface area contributed by atoms with Crippen LogP contribution in [0.15, 0.2) is 48.9 Å². The molecule has 5 nitrogen and oxygen atoms in total. The molecule has 0 aliphatic heterocycles. The van der Waals surface area contributed by atoms with E-state index < -0.39 is 0 Å². The Hall–Kier alpha value is -2.95. The fourth-order valence-electron chi connectivity index (χ4n) is 2.70. The third-order valence-corrected chi connectivity index (χ3v) is 4.36. The Bertz CT molecular complexity index is 881. The van der Waals surface area contributed by atoms with E-state index in [4.69, 9.17) is 0 Å². The quantitative estimate of drug-likeness (QED) is 0.779. The van der Waals surface area contributed by atoms with Crippen LogP contribution in [-0.4, -0.2) is 27.0 Å². The van der Waals surface area contributed by atoms with Gasteiger partial charge in [0.25, 0.3) is 5.91 Å². The summed E-state index contributed by atoms with van der Waals surface area (Å²) in [4.78, 5) is 20.8. The number of pyridine rings is 1. The highest BCUT2D eigenvalue weighted by molar-refractivity contribution is 5.94. The highest BCUT2D eigenvalue weighted by Crippen LogP contribution is 2.19. The number of amides is 1. The molecule has 2 heterocycles. The van der Waals surface area contributed by atoms with E-state index in [1.807, 2.05) is 68.1 Å². The van der Waals surface area contributed by atoms with Crippen LogP contribution in [0.2, 0.25) is 0 Å². The van der Waals surface area contributed by atoms with Crippen molar-refractivity contribution in [3.05, 3.63) is 71.6 Å². The molecule has 0 radical (unpaired) electrons. The van der Waals surface area contributed by atoms with E-state index >= 15 is 0 Å². The first-order valence-electron chi connectivity index (χ1n) is 8.34. The second-order valence-corrected chi connectivity index (χ2v) is 6.13. The van der Waals surface area contributed by atoms with Crippen molar-refractivity contribution in [1.82, 2.24) is 19.9 Å². The van der Waals surface area contributed by atoms with E-state index in [9.17, 15) is 4.79 Å². The standard InChI is InChI=1S/C20H22N4O/c1-14-12-19(8-9-21-14)17-4-6-18(7-5-17)20(25)22-10-11-24-13-23-15(2)16(24)3/h4-9,12-13H,10-11H2,1-3H3,(H,22,25). The summed E-state index contributed by atoms with van der Waals surface area (Å²) in [5.74, 6) is -0.0630. The van der Waals surface area contributed by atoms with Crippen molar-refractivity contribution in [3.63, 3.8) is 0 Å². The topological polar surface area (TPSA) is 59.8 Å². The maximum Gasteiger partial charge on any atom is 0.251 e. The lowest BCUT2D eigenvalue weighted by atomic mass is 10.0. The summed E-state index contributed by atoms with van der Waals surface area (Å²) in [6.45, 7) is 7.27. The van der Waals surface area contributed by atoms with Gasteiger partial charge >= 0.3 is 0 Å². The molecule has 128 valence electrons. The number of hydrogen-bond acceptors (Lipinski definition) is 3. The summed E-state index contributed by atoms with van der Waals surface area (Å²) in [5.41, 5.74) is 5.97. The number of nitrogens with one attached hydrogen (secondary N) is 1. The highest BCUT2D eigenvalue weighted by atomic mass is 16.1. The summed E-state index contributed by atoms with van der Waals surface area (Å²) >= 11 is 0. The van der Waals surface area contributed by atoms with Gasteiger partial charge in [0.05, 0.1) is 12.0 Å². The molecule has 0 saturated carbocycles. The SMILES string of the molecule is Cc1cc(-c2ccc(C(=O)NCCn3cnc(C)c3C)cc2)ccn1. The molecule has 0 aliphatic rings. The van der Waals surface area contributed by atoms with Crippen LogP contribution in [0.5, 0.6) is 0 Å². The summed E-state index contributed by atoms with van der Waals surface area (Å²) in [6.07, 6.45) is 3.60. The number of carbonyl (C=O) groups excluding carboxylic acids is 1. The molecule has 0 spiro atoms. The van der Waals surface area contributed by atoms with Gasteiger partial charge in [-0.2, -0.15) is 0 Å². The number of benzene rings is 1. The van der Waals surface area contributed by atoms with Crippen LogP contribution in [0.4, 0.5) is 0 Å². The molecule has 1 aromatic carbocycles. The lowest BCUT2D eigenvalue weighted by Gasteiger charge is -2.08. The zero-order valence-electron chi connectivity index (χ0n) is 14.8. The largest absolute Gasteiger partial charge is 0.350 e. The minimum Gasteiger partial charge on any atom is -0.350 e. The fraction of sp³-hybridized carbons (Fsp3) is 0.250. The normalized spacial score (nSPS) is 10.7. The number of rotatable bonds is 5. The Balaban J connectivity index is 1.60. The van der Waals surface area contributed by atoms with Gasteiger partial charge in [0, 0.05) is 36.2 Å². The Morgan fingerprint density at radius 1 is 1.04 bits per heavy atom. The lowest BCUT2D eigenvalue weighted by Crippen LogP contribution is -2.27. The van der Waals surface area contributed by atoms with Crippen molar-refractivity contribution >= 4 is 5.91 Å². The molecule has 1 amide bonds.